The number of carboxylic acids is 1. The van der Waals surface area contributed by atoms with Crippen molar-refractivity contribution in [3.63, 3.8) is 0 Å². The summed E-state index contributed by atoms with van der Waals surface area (Å²) in [5.74, 6) is 0.497. The molecule has 23 heavy (non-hydrogen) atoms. The summed E-state index contributed by atoms with van der Waals surface area (Å²) in [6, 6.07) is 12.6. The molecule has 4 aliphatic carbocycles. The number of carboxylic acid groups (broad SMARTS) is 1. The van der Waals surface area contributed by atoms with Crippen LogP contribution in [-0.2, 0) is 11.2 Å². The number of nitrogens with zero attached hydrogens (tertiary/aromatic N) is 1. The second-order valence-corrected chi connectivity index (χ2v) is 8.04. The fourth-order valence-corrected chi connectivity index (χ4v) is 6.33. The third-order valence-corrected chi connectivity index (χ3v) is 6.83. The largest absolute Gasteiger partial charge is 0.480 e. The minimum atomic E-state index is -0.910. The Morgan fingerprint density at radius 1 is 1.22 bits per heavy atom. The first-order valence-corrected chi connectivity index (χ1v) is 8.78. The van der Waals surface area contributed by atoms with Crippen LogP contribution in [-0.4, -0.2) is 11.1 Å². The van der Waals surface area contributed by atoms with Crippen molar-refractivity contribution in [3.05, 3.63) is 35.9 Å². The molecule has 0 amide bonds. The van der Waals surface area contributed by atoms with Gasteiger partial charge in [0.15, 0.2) is 0 Å². The molecule has 1 N–H and O–H groups in total. The number of carbonyl (C=O) groups is 1. The lowest BCUT2D eigenvalue weighted by atomic mass is 9.41. The van der Waals surface area contributed by atoms with Gasteiger partial charge in [-0.2, -0.15) is 5.26 Å². The molecule has 120 valence electrons. The predicted octanol–water partition coefficient (Wildman–Crippen LogP) is 3.90. The van der Waals surface area contributed by atoms with Crippen LogP contribution in [0.5, 0.6) is 0 Å². The molecule has 4 aliphatic rings. The van der Waals surface area contributed by atoms with Gasteiger partial charge in [0.05, 0.1) is 6.07 Å². The summed E-state index contributed by atoms with van der Waals surface area (Å²) >= 11 is 0. The molecule has 4 atom stereocenters. The maximum atomic E-state index is 11.8. The lowest BCUT2D eigenvalue weighted by Crippen LogP contribution is -2.57. The van der Waals surface area contributed by atoms with Gasteiger partial charge in [-0.3, -0.25) is 4.79 Å². The van der Waals surface area contributed by atoms with Crippen LogP contribution in [0.15, 0.2) is 30.3 Å². The summed E-state index contributed by atoms with van der Waals surface area (Å²) < 4.78 is 0. The number of hydrogen-bond acceptors (Lipinski definition) is 2. The zero-order valence-electron chi connectivity index (χ0n) is 13.3. The molecule has 4 saturated carbocycles. The number of benzene rings is 1. The minimum Gasteiger partial charge on any atom is -0.480 e. The molecule has 0 saturated heterocycles. The molecule has 5 rings (SSSR count). The van der Waals surface area contributed by atoms with Crippen molar-refractivity contribution in [2.24, 2.45) is 35.0 Å². The first kappa shape index (κ1) is 14.8. The van der Waals surface area contributed by atoms with Gasteiger partial charge in [-0.25, -0.2) is 0 Å². The maximum absolute atomic E-state index is 11.8. The van der Waals surface area contributed by atoms with E-state index in [1.165, 1.54) is 24.8 Å². The normalized spacial score (nSPS) is 38.9. The molecule has 4 unspecified atom stereocenters. The van der Waals surface area contributed by atoms with E-state index < -0.39 is 11.9 Å². The molecule has 0 spiro atoms. The van der Waals surface area contributed by atoms with Gasteiger partial charge >= 0.3 is 5.97 Å². The number of hydrogen-bond donors (Lipinski definition) is 1. The van der Waals surface area contributed by atoms with Gasteiger partial charge in [0.25, 0.3) is 0 Å². The molecule has 3 nitrogen and oxygen atoms in total. The Balaban J connectivity index is 1.73. The van der Waals surface area contributed by atoms with Crippen molar-refractivity contribution in [2.45, 2.75) is 38.5 Å². The van der Waals surface area contributed by atoms with Crippen LogP contribution >= 0.6 is 0 Å². The third-order valence-electron chi connectivity index (χ3n) is 6.83. The van der Waals surface area contributed by atoms with E-state index in [0.29, 0.717) is 23.7 Å². The second-order valence-electron chi connectivity index (χ2n) is 8.04. The average Bonchev–Trinajstić information content (AvgIpc) is 2.51. The number of rotatable bonds is 4. The number of aliphatic carboxylic acids is 1. The second kappa shape index (κ2) is 5.37. The Morgan fingerprint density at radius 3 is 2.43 bits per heavy atom. The summed E-state index contributed by atoms with van der Waals surface area (Å²) in [6.45, 7) is 0. The van der Waals surface area contributed by atoms with Crippen LogP contribution in [0.25, 0.3) is 0 Å². The number of nitriles is 1. The standard InChI is InChI=1S/C20H23NO2/c21-12-18(19(22)23)20-10-14-6-15(11-20)8-16(7-14)17(20)9-13-4-2-1-3-5-13/h1-5,14-18H,6-11H2,(H,22,23). The van der Waals surface area contributed by atoms with E-state index in [0.717, 1.165) is 19.3 Å². The van der Waals surface area contributed by atoms with Gasteiger partial charge in [-0.15, -0.1) is 0 Å². The van der Waals surface area contributed by atoms with E-state index >= 15 is 0 Å². The fraction of sp³-hybridized carbons (Fsp3) is 0.600. The van der Waals surface area contributed by atoms with E-state index in [4.69, 9.17) is 0 Å². The summed E-state index contributed by atoms with van der Waals surface area (Å²) in [4.78, 5) is 11.8. The highest BCUT2D eigenvalue weighted by Crippen LogP contribution is 2.66. The van der Waals surface area contributed by atoms with Crippen LogP contribution in [0, 0.1) is 46.3 Å². The SMILES string of the molecule is N#CC(C(=O)O)C12CC3CC(CC(C3)C1Cc1ccccc1)C2. The summed E-state index contributed by atoms with van der Waals surface area (Å²) in [5.41, 5.74) is 0.983. The molecule has 4 bridgehead atoms. The minimum absolute atomic E-state index is 0.300. The van der Waals surface area contributed by atoms with Gasteiger partial charge in [0.1, 0.15) is 5.92 Å². The van der Waals surface area contributed by atoms with Crippen molar-refractivity contribution >= 4 is 5.97 Å². The first-order valence-electron chi connectivity index (χ1n) is 8.78. The van der Waals surface area contributed by atoms with Gasteiger partial charge in [-0.1, -0.05) is 30.3 Å². The van der Waals surface area contributed by atoms with Gasteiger partial charge in [-0.05, 0) is 67.8 Å². The van der Waals surface area contributed by atoms with Crippen LogP contribution in [0.2, 0.25) is 0 Å². The molecule has 1 aromatic carbocycles. The Morgan fingerprint density at radius 2 is 1.87 bits per heavy atom. The quantitative estimate of drug-likeness (QED) is 0.917. The van der Waals surface area contributed by atoms with E-state index in [-0.39, 0.29) is 5.41 Å². The Bertz CT molecular complexity index is 633. The highest BCUT2D eigenvalue weighted by Gasteiger charge is 2.61. The Labute approximate surface area is 137 Å². The molecule has 0 radical (unpaired) electrons. The molecule has 0 aliphatic heterocycles. The topological polar surface area (TPSA) is 61.1 Å². The lowest BCUT2D eigenvalue weighted by molar-refractivity contribution is -0.164. The van der Waals surface area contributed by atoms with Gasteiger partial charge in [0.2, 0.25) is 0 Å². The first-order chi connectivity index (χ1) is 11.1. The van der Waals surface area contributed by atoms with Crippen LogP contribution < -0.4 is 0 Å². The maximum Gasteiger partial charge on any atom is 0.321 e. The Kier molecular flexibility index (Phi) is 3.44. The highest BCUT2D eigenvalue weighted by atomic mass is 16.4. The van der Waals surface area contributed by atoms with Gasteiger partial charge < -0.3 is 5.11 Å². The lowest BCUT2D eigenvalue weighted by Gasteiger charge is -2.62. The van der Waals surface area contributed by atoms with Crippen molar-refractivity contribution in [1.29, 1.82) is 5.26 Å². The molecule has 0 heterocycles. The monoisotopic (exact) mass is 309 g/mol. The van der Waals surface area contributed by atoms with Crippen molar-refractivity contribution in [3.8, 4) is 6.07 Å². The molecule has 4 fully saturated rings. The van der Waals surface area contributed by atoms with Crippen LogP contribution in [0.3, 0.4) is 0 Å². The third kappa shape index (κ3) is 2.27. The van der Waals surface area contributed by atoms with Gasteiger partial charge in [0, 0.05) is 5.41 Å². The molecule has 1 aromatic rings. The fourth-order valence-electron chi connectivity index (χ4n) is 6.33. The average molecular weight is 309 g/mol. The smallest absolute Gasteiger partial charge is 0.321 e. The van der Waals surface area contributed by atoms with E-state index in [2.05, 4.69) is 30.3 Å². The summed E-state index contributed by atoms with van der Waals surface area (Å²) in [6.07, 6.45) is 6.57. The zero-order valence-corrected chi connectivity index (χ0v) is 13.3. The summed E-state index contributed by atoms with van der Waals surface area (Å²) in [5, 5.41) is 19.3. The van der Waals surface area contributed by atoms with E-state index in [1.807, 2.05) is 6.07 Å². The van der Waals surface area contributed by atoms with E-state index in [9.17, 15) is 15.2 Å². The van der Waals surface area contributed by atoms with Crippen molar-refractivity contribution < 1.29 is 9.90 Å². The summed E-state index contributed by atoms with van der Waals surface area (Å²) in [7, 11) is 0. The molecular formula is C20H23NO2. The molecular weight excluding hydrogens is 286 g/mol. The molecule has 0 aromatic heterocycles. The molecule has 3 heteroatoms. The van der Waals surface area contributed by atoms with Crippen LogP contribution in [0.1, 0.15) is 37.7 Å². The van der Waals surface area contributed by atoms with E-state index in [1.54, 1.807) is 0 Å². The van der Waals surface area contributed by atoms with Crippen molar-refractivity contribution in [2.75, 3.05) is 0 Å². The highest BCUT2D eigenvalue weighted by molar-refractivity contribution is 5.74. The predicted molar refractivity (Wildman–Crippen MR) is 86.4 cm³/mol. The van der Waals surface area contributed by atoms with Crippen molar-refractivity contribution in [1.82, 2.24) is 0 Å². The Hall–Kier alpha value is -1.82. The zero-order chi connectivity index (χ0) is 16.0. The van der Waals surface area contributed by atoms with Crippen LogP contribution in [0.4, 0.5) is 0 Å².